The summed E-state index contributed by atoms with van der Waals surface area (Å²) >= 11 is 0. The number of hydrogen-bond acceptors (Lipinski definition) is 8. The minimum atomic E-state index is -0.506. The second-order valence-corrected chi connectivity index (χ2v) is 7.30. The summed E-state index contributed by atoms with van der Waals surface area (Å²) in [6.45, 7) is 3.13. The minimum Gasteiger partial charge on any atom is -0.396 e. The molecule has 4 N–H and O–H groups in total. The van der Waals surface area contributed by atoms with Gasteiger partial charge >= 0.3 is 0 Å². The highest BCUT2D eigenvalue weighted by atomic mass is 16.6. The fraction of sp³-hybridized carbons (Fsp3) is 0.500. The van der Waals surface area contributed by atoms with E-state index < -0.39 is 4.92 Å². The molecule has 9 heteroatoms. The average molecular weight is 400 g/mol. The number of aromatic nitrogens is 2. The van der Waals surface area contributed by atoms with Gasteiger partial charge in [0.2, 0.25) is 5.95 Å². The van der Waals surface area contributed by atoms with E-state index in [1.165, 1.54) is 12.1 Å². The van der Waals surface area contributed by atoms with Crippen molar-refractivity contribution in [2.45, 2.75) is 51.5 Å². The van der Waals surface area contributed by atoms with E-state index in [1.807, 2.05) is 6.07 Å². The van der Waals surface area contributed by atoms with Crippen LogP contribution in [0.4, 0.5) is 28.8 Å². The monoisotopic (exact) mass is 400 g/mol. The predicted octanol–water partition coefficient (Wildman–Crippen LogP) is 3.40. The van der Waals surface area contributed by atoms with Gasteiger partial charge in [-0.05, 0) is 44.2 Å². The molecule has 0 saturated carbocycles. The van der Waals surface area contributed by atoms with Crippen LogP contribution in [-0.4, -0.2) is 39.2 Å². The number of nitrogens with zero attached hydrogens (tertiary/aromatic N) is 4. The van der Waals surface area contributed by atoms with Gasteiger partial charge < -0.3 is 21.1 Å². The lowest BCUT2D eigenvalue weighted by Gasteiger charge is -2.36. The number of nitro benzene ring substituents is 1. The highest BCUT2D eigenvalue weighted by molar-refractivity contribution is 5.68. The molecule has 1 aliphatic heterocycles. The second kappa shape index (κ2) is 9.51. The molecule has 9 nitrogen and oxygen atoms in total. The van der Waals surface area contributed by atoms with Crippen LogP contribution in [0.25, 0.3) is 0 Å². The molecule has 0 amide bonds. The molecule has 2 heterocycles. The number of nitrogen functional groups attached to an aromatic ring is 1. The highest BCUT2D eigenvalue weighted by Gasteiger charge is 2.24. The molecule has 1 saturated heterocycles. The maximum absolute atomic E-state index is 11.2. The first-order valence-corrected chi connectivity index (χ1v) is 10.1. The third-order valence-electron chi connectivity index (χ3n) is 5.14. The summed E-state index contributed by atoms with van der Waals surface area (Å²) in [4.78, 5) is 22.2. The van der Waals surface area contributed by atoms with Crippen molar-refractivity contribution in [1.29, 1.82) is 0 Å². The molecule has 1 fully saturated rings. The van der Waals surface area contributed by atoms with Crippen LogP contribution in [-0.2, 0) is 6.42 Å². The van der Waals surface area contributed by atoms with Crippen molar-refractivity contribution < 1.29 is 10.0 Å². The van der Waals surface area contributed by atoms with Gasteiger partial charge in [0.05, 0.1) is 4.92 Å². The zero-order valence-corrected chi connectivity index (χ0v) is 16.7. The normalized spacial score (nSPS) is 16.6. The van der Waals surface area contributed by atoms with Crippen molar-refractivity contribution in [2.24, 2.45) is 0 Å². The van der Waals surface area contributed by atoms with E-state index in [0.29, 0.717) is 18.1 Å². The molecule has 0 radical (unpaired) electrons. The van der Waals surface area contributed by atoms with Crippen LogP contribution in [0.3, 0.4) is 0 Å². The molecule has 0 bridgehead atoms. The Bertz CT molecular complexity index is 858. The molecule has 0 aliphatic carbocycles. The maximum Gasteiger partial charge on any atom is 0.294 e. The van der Waals surface area contributed by atoms with Crippen LogP contribution in [0, 0.1) is 10.1 Å². The number of aryl methyl sites for hydroxylation is 1. The van der Waals surface area contributed by atoms with Gasteiger partial charge in [-0.3, -0.25) is 10.1 Å². The number of piperidine rings is 1. The van der Waals surface area contributed by atoms with Crippen molar-refractivity contribution in [1.82, 2.24) is 9.97 Å². The number of hydrogen-bond donors (Lipinski definition) is 3. The minimum absolute atomic E-state index is 0.113. The molecular weight excluding hydrogens is 372 g/mol. The van der Waals surface area contributed by atoms with Crippen molar-refractivity contribution in [3.05, 3.63) is 40.1 Å². The standard InChI is InChI=1S/C20H28N6O3/c1-2-5-14-13-19(25-10-4-3-6-16(25)9-11-27)24-20(22-14)23-15-7-8-17(21)18(12-15)26(28)29/h7-8,12-13,16,27H,2-6,9-11,21H2,1H3,(H,22,23,24)/t16-/m0/s1. The fourth-order valence-electron chi connectivity index (χ4n) is 3.73. The molecule has 2 aromatic rings. The van der Waals surface area contributed by atoms with Crippen molar-refractivity contribution in [2.75, 3.05) is 29.1 Å². The Kier molecular flexibility index (Phi) is 6.82. The zero-order chi connectivity index (χ0) is 20.8. The number of aliphatic hydroxyl groups is 1. The number of aliphatic hydroxyl groups excluding tert-OH is 1. The van der Waals surface area contributed by atoms with Gasteiger partial charge in [-0.15, -0.1) is 0 Å². The first kappa shape index (κ1) is 20.8. The summed E-state index contributed by atoms with van der Waals surface area (Å²) in [6.07, 6.45) is 5.73. The summed E-state index contributed by atoms with van der Waals surface area (Å²) in [7, 11) is 0. The smallest absolute Gasteiger partial charge is 0.294 e. The molecule has 0 unspecified atom stereocenters. The number of rotatable bonds is 8. The third-order valence-corrected chi connectivity index (χ3v) is 5.14. The van der Waals surface area contributed by atoms with Crippen LogP contribution >= 0.6 is 0 Å². The number of nitro groups is 1. The summed E-state index contributed by atoms with van der Waals surface area (Å²) in [5, 5.41) is 23.7. The Labute approximate surface area is 170 Å². The predicted molar refractivity (Wildman–Crippen MR) is 114 cm³/mol. The number of nitrogens with two attached hydrogens (primary N) is 1. The summed E-state index contributed by atoms with van der Waals surface area (Å²) < 4.78 is 0. The van der Waals surface area contributed by atoms with Gasteiger partial charge in [-0.25, -0.2) is 4.98 Å². The first-order chi connectivity index (χ1) is 14.0. The zero-order valence-electron chi connectivity index (χ0n) is 16.7. The summed E-state index contributed by atoms with van der Waals surface area (Å²) in [6, 6.07) is 6.83. The first-order valence-electron chi connectivity index (χ1n) is 10.1. The molecule has 1 aromatic carbocycles. The van der Waals surface area contributed by atoms with Crippen LogP contribution in [0.2, 0.25) is 0 Å². The van der Waals surface area contributed by atoms with Gasteiger partial charge in [-0.2, -0.15) is 4.98 Å². The van der Waals surface area contributed by atoms with Crippen molar-refractivity contribution in [3.8, 4) is 0 Å². The third kappa shape index (κ3) is 5.11. The van der Waals surface area contributed by atoms with E-state index >= 15 is 0 Å². The van der Waals surface area contributed by atoms with E-state index in [1.54, 1.807) is 6.07 Å². The van der Waals surface area contributed by atoms with E-state index in [4.69, 9.17) is 5.73 Å². The van der Waals surface area contributed by atoms with Crippen LogP contribution < -0.4 is 16.0 Å². The summed E-state index contributed by atoms with van der Waals surface area (Å²) in [5.74, 6) is 1.23. The molecule has 3 rings (SSSR count). The average Bonchev–Trinajstić information content (AvgIpc) is 2.70. The molecule has 0 spiro atoms. The Morgan fingerprint density at radius 1 is 1.34 bits per heavy atom. The van der Waals surface area contributed by atoms with Gasteiger partial charge in [0.15, 0.2) is 0 Å². The van der Waals surface area contributed by atoms with E-state index in [2.05, 4.69) is 27.1 Å². The Balaban J connectivity index is 1.92. The lowest BCUT2D eigenvalue weighted by atomic mass is 9.99. The van der Waals surface area contributed by atoms with E-state index in [0.717, 1.165) is 50.2 Å². The maximum atomic E-state index is 11.2. The molecule has 1 aromatic heterocycles. The van der Waals surface area contributed by atoms with Gasteiger partial charge in [-0.1, -0.05) is 13.3 Å². The molecule has 156 valence electrons. The Morgan fingerprint density at radius 2 is 2.17 bits per heavy atom. The fourth-order valence-corrected chi connectivity index (χ4v) is 3.73. The van der Waals surface area contributed by atoms with Gasteiger partial charge in [0, 0.05) is 42.7 Å². The van der Waals surface area contributed by atoms with Crippen LogP contribution in [0.15, 0.2) is 24.3 Å². The second-order valence-electron chi connectivity index (χ2n) is 7.30. The van der Waals surface area contributed by atoms with Crippen molar-refractivity contribution in [3.63, 3.8) is 0 Å². The molecular formula is C20H28N6O3. The Morgan fingerprint density at radius 3 is 2.90 bits per heavy atom. The Hall–Kier alpha value is -2.94. The lowest BCUT2D eigenvalue weighted by Crippen LogP contribution is -2.40. The molecule has 1 aliphatic rings. The number of anilines is 4. The van der Waals surface area contributed by atoms with Crippen LogP contribution in [0.5, 0.6) is 0 Å². The highest BCUT2D eigenvalue weighted by Crippen LogP contribution is 2.29. The lowest BCUT2D eigenvalue weighted by molar-refractivity contribution is -0.383. The van der Waals surface area contributed by atoms with Crippen molar-refractivity contribution >= 4 is 28.8 Å². The molecule has 29 heavy (non-hydrogen) atoms. The van der Waals surface area contributed by atoms with E-state index in [-0.39, 0.29) is 24.0 Å². The van der Waals surface area contributed by atoms with Crippen LogP contribution in [0.1, 0.15) is 44.7 Å². The summed E-state index contributed by atoms with van der Waals surface area (Å²) in [5.41, 5.74) is 7.07. The topological polar surface area (TPSA) is 130 Å². The van der Waals surface area contributed by atoms with Gasteiger partial charge in [0.1, 0.15) is 11.5 Å². The van der Waals surface area contributed by atoms with Gasteiger partial charge in [0.25, 0.3) is 5.69 Å². The van der Waals surface area contributed by atoms with E-state index in [9.17, 15) is 15.2 Å². The largest absolute Gasteiger partial charge is 0.396 e. The molecule has 1 atom stereocenters. The number of benzene rings is 1. The quantitative estimate of drug-likeness (QED) is 0.349. The number of nitrogens with one attached hydrogen (secondary N) is 1. The SMILES string of the molecule is CCCc1cc(N2CCCC[C@H]2CCO)nc(Nc2ccc(N)c([N+](=O)[O-])c2)n1.